The van der Waals surface area contributed by atoms with E-state index in [1.165, 1.54) is 23.1 Å². The monoisotopic (exact) mass is 486 g/mol. The van der Waals surface area contributed by atoms with Gasteiger partial charge < -0.3 is 16.4 Å². The first kappa shape index (κ1) is 19.6. The quantitative estimate of drug-likeness (QED) is 0.315. The van der Waals surface area contributed by atoms with Gasteiger partial charge in [0.15, 0.2) is 4.34 Å². The van der Waals surface area contributed by atoms with Crippen LogP contribution in [0, 0.1) is 0 Å². The molecule has 0 aliphatic rings. The van der Waals surface area contributed by atoms with E-state index in [4.69, 9.17) is 5.73 Å². The molecule has 0 unspecified atom stereocenters. The Hall–Kier alpha value is -2.76. The van der Waals surface area contributed by atoms with Crippen molar-refractivity contribution in [3.05, 3.63) is 64.9 Å². The molecule has 29 heavy (non-hydrogen) atoms. The van der Waals surface area contributed by atoms with E-state index in [0.717, 1.165) is 20.2 Å². The van der Waals surface area contributed by atoms with Gasteiger partial charge in [0.05, 0.1) is 5.75 Å². The van der Waals surface area contributed by atoms with Crippen molar-refractivity contribution in [3.8, 4) is 0 Å². The zero-order valence-electron chi connectivity index (χ0n) is 14.9. The molecule has 0 spiro atoms. The van der Waals surface area contributed by atoms with Crippen LogP contribution in [-0.2, 0) is 5.75 Å². The molecule has 4 aromatic rings. The van der Waals surface area contributed by atoms with E-state index in [9.17, 15) is 0 Å². The Morgan fingerprint density at radius 3 is 2.59 bits per heavy atom. The van der Waals surface area contributed by atoms with E-state index >= 15 is 0 Å². The summed E-state index contributed by atoms with van der Waals surface area (Å²) in [5.74, 6) is 1.65. The molecule has 4 rings (SSSR count). The van der Waals surface area contributed by atoms with Crippen LogP contribution >= 0.6 is 39.0 Å². The number of nitrogens with two attached hydrogens (primary N) is 1. The molecule has 0 bridgehead atoms. The number of aromatic nitrogens is 5. The number of halogens is 1. The molecule has 0 saturated heterocycles. The summed E-state index contributed by atoms with van der Waals surface area (Å²) in [7, 11) is 0. The van der Waals surface area contributed by atoms with Crippen molar-refractivity contribution in [2.24, 2.45) is 0 Å². The van der Waals surface area contributed by atoms with Gasteiger partial charge >= 0.3 is 0 Å². The van der Waals surface area contributed by atoms with Gasteiger partial charge in [0.1, 0.15) is 5.82 Å². The highest BCUT2D eigenvalue weighted by Gasteiger charge is 2.09. The fourth-order valence-corrected chi connectivity index (χ4v) is 4.37. The van der Waals surface area contributed by atoms with Crippen molar-refractivity contribution in [2.75, 3.05) is 16.4 Å². The van der Waals surface area contributed by atoms with Gasteiger partial charge in [-0.25, -0.2) is 0 Å². The van der Waals surface area contributed by atoms with Crippen molar-refractivity contribution >= 4 is 67.4 Å². The SMILES string of the molecule is Nc1nc(CSc2nnc(Nc3cccc(Br)c3)s2)nc(Nc2ccccc2)n1. The van der Waals surface area contributed by atoms with Crippen LogP contribution in [0.5, 0.6) is 0 Å². The molecule has 0 saturated carbocycles. The van der Waals surface area contributed by atoms with Gasteiger partial charge in [-0.2, -0.15) is 15.0 Å². The molecule has 0 atom stereocenters. The van der Waals surface area contributed by atoms with Crippen LogP contribution in [0.2, 0.25) is 0 Å². The number of thioether (sulfide) groups is 1. The fraction of sp³-hybridized carbons (Fsp3) is 0.0556. The van der Waals surface area contributed by atoms with Crippen molar-refractivity contribution in [1.29, 1.82) is 0 Å². The maximum atomic E-state index is 5.83. The molecule has 11 heteroatoms. The van der Waals surface area contributed by atoms with Crippen LogP contribution in [-0.4, -0.2) is 25.1 Å². The predicted molar refractivity (Wildman–Crippen MR) is 121 cm³/mol. The smallest absolute Gasteiger partial charge is 0.232 e. The third kappa shape index (κ3) is 5.62. The van der Waals surface area contributed by atoms with E-state index in [1.807, 2.05) is 54.6 Å². The molecule has 4 N–H and O–H groups in total. The van der Waals surface area contributed by atoms with Crippen LogP contribution in [0.15, 0.2) is 63.4 Å². The topological polar surface area (TPSA) is 115 Å². The highest BCUT2D eigenvalue weighted by atomic mass is 79.9. The average molecular weight is 487 g/mol. The summed E-state index contributed by atoms with van der Waals surface area (Å²) in [6.45, 7) is 0. The van der Waals surface area contributed by atoms with Crippen molar-refractivity contribution < 1.29 is 0 Å². The Bertz CT molecular complexity index is 1110. The van der Waals surface area contributed by atoms with Gasteiger partial charge in [-0.05, 0) is 30.3 Å². The summed E-state index contributed by atoms with van der Waals surface area (Å²) in [4.78, 5) is 12.8. The Morgan fingerprint density at radius 2 is 1.76 bits per heavy atom. The Morgan fingerprint density at radius 1 is 0.931 bits per heavy atom. The zero-order chi connectivity index (χ0) is 20.1. The van der Waals surface area contributed by atoms with Crippen LogP contribution in [0.1, 0.15) is 5.82 Å². The number of rotatable bonds is 7. The number of anilines is 5. The standard InChI is InChI=1S/C18H15BrN8S2/c19-11-5-4-8-13(9-11)22-17-26-27-18(29-17)28-10-14-23-15(20)25-16(24-14)21-12-6-2-1-3-7-12/h1-9H,10H2,(H,22,26)(H3,20,21,23,24,25). The molecule has 2 heterocycles. The van der Waals surface area contributed by atoms with Gasteiger partial charge in [-0.15, -0.1) is 10.2 Å². The van der Waals surface area contributed by atoms with Crippen LogP contribution in [0.25, 0.3) is 0 Å². The summed E-state index contributed by atoms with van der Waals surface area (Å²) in [6.07, 6.45) is 0. The van der Waals surface area contributed by atoms with E-state index < -0.39 is 0 Å². The zero-order valence-corrected chi connectivity index (χ0v) is 18.1. The lowest BCUT2D eigenvalue weighted by molar-refractivity contribution is 0.975. The number of nitrogens with one attached hydrogen (secondary N) is 2. The van der Waals surface area contributed by atoms with E-state index in [0.29, 0.717) is 22.7 Å². The van der Waals surface area contributed by atoms with Crippen LogP contribution < -0.4 is 16.4 Å². The third-order valence-corrected chi connectivity index (χ3v) is 6.00. The van der Waals surface area contributed by atoms with Gasteiger partial charge in [0.2, 0.25) is 17.0 Å². The molecular weight excluding hydrogens is 472 g/mol. The van der Waals surface area contributed by atoms with E-state index in [1.54, 1.807) is 0 Å². The number of benzene rings is 2. The molecule has 146 valence electrons. The number of nitrogens with zero attached hydrogens (tertiary/aromatic N) is 5. The predicted octanol–water partition coefficient (Wildman–Crippen LogP) is 4.85. The van der Waals surface area contributed by atoms with Crippen LogP contribution in [0.4, 0.5) is 28.4 Å². The van der Waals surface area contributed by atoms with E-state index in [2.05, 4.69) is 51.7 Å². The van der Waals surface area contributed by atoms with Gasteiger partial charge in [0, 0.05) is 15.8 Å². The summed E-state index contributed by atoms with van der Waals surface area (Å²) < 4.78 is 1.80. The molecular formula is C18H15BrN8S2. The van der Waals surface area contributed by atoms with Crippen molar-refractivity contribution in [1.82, 2.24) is 25.1 Å². The fourth-order valence-electron chi connectivity index (χ4n) is 2.34. The molecule has 0 radical (unpaired) electrons. The highest BCUT2D eigenvalue weighted by molar-refractivity contribution is 9.10. The summed E-state index contributed by atoms with van der Waals surface area (Å²) in [5.41, 5.74) is 7.65. The second-order valence-corrected chi connectivity index (χ2v) is 8.84. The summed E-state index contributed by atoms with van der Waals surface area (Å²) in [6, 6.07) is 17.5. The Balaban J connectivity index is 1.39. The lowest BCUT2D eigenvalue weighted by Crippen LogP contribution is -2.06. The first-order chi connectivity index (χ1) is 14.1. The lowest BCUT2D eigenvalue weighted by Gasteiger charge is -2.06. The Labute approximate surface area is 183 Å². The third-order valence-electron chi connectivity index (χ3n) is 3.54. The Kier molecular flexibility index (Phi) is 6.17. The summed E-state index contributed by atoms with van der Waals surface area (Å²) >= 11 is 6.40. The minimum absolute atomic E-state index is 0.170. The minimum Gasteiger partial charge on any atom is -0.368 e. The maximum absolute atomic E-state index is 5.83. The second-order valence-electron chi connectivity index (χ2n) is 5.72. The summed E-state index contributed by atoms with van der Waals surface area (Å²) in [5, 5.41) is 15.5. The van der Waals surface area contributed by atoms with E-state index in [-0.39, 0.29) is 5.95 Å². The first-order valence-electron chi connectivity index (χ1n) is 8.45. The number of hydrogen-bond donors (Lipinski definition) is 3. The van der Waals surface area contributed by atoms with Crippen molar-refractivity contribution in [3.63, 3.8) is 0 Å². The number of hydrogen-bond acceptors (Lipinski definition) is 10. The molecule has 8 nitrogen and oxygen atoms in total. The molecule has 0 fully saturated rings. The minimum atomic E-state index is 0.170. The highest BCUT2D eigenvalue weighted by Crippen LogP contribution is 2.30. The molecule has 0 amide bonds. The second kappa shape index (κ2) is 9.16. The average Bonchev–Trinajstić information content (AvgIpc) is 3.14. The number of para-hydroxylation sites is 1. The van der Waals surface area contributed by atoms with Gasteiger partial charge in [-0.3, -0.25) is 0 Å². The number of nitrogen functional groups attached to an aromatic ring is 1. The largest absolute Gasteiger partial charge is 0.368 e. The van der Waals surface area contributed by atoms with Crippen molar-refractivity contribution in [2.45, 2.75) is 10.1 Å². The lowest BCUT2D eigenvalue weighted by atomic mass is 10.3. The molecule has 2 aromatic carbocycles. The molecule has 2 aromatic heterocycles. The van der Waals surface area contributed by atoms with Gasteiger partial charge in [0.25, 0.3) is 0 Å². The van der Waals surface area contributed by atoms with Crippen LogP contribution in [0.3, 0.4) is 0 Å². The molecule has 0 aliphatic carbocycles. The molecule has 0 aliphatic heterocycles. The van der Waals surface area contributed by atoms with Gasteiger partial charge in [-0.1, -0.05) is 63.3 Å². The first-order valence-corrected chi connectivity index (χ1v) is 11.0. The maximum Gasteiger partial charge on any atom is 0.232 e. The normalized spacial score (nSPS) is 10.7.